The van der Waals surface area contributed by atoms with E-state index in [1.54, 1.807) is 43.3 Å². The van der Waals surface area contributed by atoms with E-state index in [0.29, 0.717) is 11.3 Å². The molecule has 2 aromatic carbocycles. The van der Waals surface area contributed by atoms with Crippen LogP contribution >= 0.6 is 0 Å². The number of amides is 1. The lowest BCUT2D eigenvalue weighted by Crippen LogP contribution is -2.31. The third-order valence-corrected chi connectivity index (χ3v) is 4.48. The zero-order valence-corrected chi connectivity index (χ0v) is 17.0. The van der Waals surface area contributed by atoms with Crippen molar-refractivity contribution in [2.75, 3.05) is 13.7 Å². The maximum atomic E-state index is 14.3. The molecule has 9 heteroatoms. The molecule has 8 nitrogen and oxygen atoms in total. The Morgan fingerprint density at radius 2 is 1.90 bits per heavy atom. The lowest BCUT2D eigenvalue weighted by molar-refractivity contribution is -0.137. The quantitative estimate of drug-likeness (QED) is 0.543. The van der Waals surface area contributed by atoms with Crippen molar-refractivity contribution >= 4 is 11.9 Å². The molecule has 162 valence electrons. The summed E-state index contributed by atoms with van der Waals surface area (Å²) < 4.78 is 26.3. The molecule has 1 heterocycles. The number of aromatic nitrogens is 2. The molecule has 3 rings (SSSR count). The fraction of sp³-hybridized carbons (Fsp3) is 0.227. The van der Waals surface area contributed by atoms with E-state index in [2.05, 4.69) is 10.4 Å². The van der Waals surface area contributed by atoms with Gasteiger partial charge < -0.3 is 19.9 Å². The number of carbonyl (C=O) groups is 2. The molecule has 1 amide bonds. The molecule has 3 aromatic rings. The third-order valence-electron chi connectivity index (χ3n) is 4.48. The summed E-state index contributed by atoms with van der Waals surface area (Å²) in [5, 5.41) is 16.2. The van der Waals surface area contributed by atoms with E-state index in [1.807, 2.05) is 0 Å². The van der Waals surface area contributed by atoms with Gasteiger partial charge in [0.05, 0.1) is 26.2 Å². The number of hydrogen-bond donors (Lipinski definition) is 2. The Morgan fingerprint density at radius 3 is 2.58 bits per heavy atom. The van der Waals surface area contributed by atoms with Crippen molar-refractivity contribution in [3.05, 3.63) is 71.7 Å². The van der Waals surface area contributed by atoms with Crippen LogP contribution in [0.5, 0.6) is 11.6 Å². The maximum absolute atomic E-state index is 14.3. The van der Waals surface area contributed by atoms with Crippen molar-refractivity contribution in [3.8, 4) is 17.3 Å². The lowest BCUT2D eigenvalue weighted by atomic mass is 10.0. The third kappa shape index (κ3) is 5.00. The van der Waals surface area contributed by atoms with Crippen LogP contribution in [0.3, 0.4) is 0 Å². The number of aliphatic carboxylic acids is 1. The van der Waals surface area contributed by atoms with Gasteiger partial charge in [-0.2, -0.15) is 9.78 Å². The molecule has 1 atom stereocenters. The molecule has 0 bridgehead atoms. The predicted octanol–water partition coefficient (Wildman–Crippen LogP) is 3.36. The number of methoxy groups -OCH3 is 1. The van der Waals surface area contributed by atoms with E-state index in [1.165, 1.54) is 30.0 Å². The zero-order chi connectivity index (χ0) is 22.4. The van der Waals surface area contributed by atoms with E-state index >= 15 is 0 Å². The van der Waals surface area contributed by atoms with Gasteiger partial charge in [-0.3, -0.25) is 9.59 Å². The Morgan fingerprint density at radius 1 is 1.19 bits per heavy atom. The van der Waals surface area contributed by atoms with Gasteiger partial charge in [-0.1, -0.05) is 30.3 Å². The van der Waals surface area contributed by atoms with Crippen molar-refractivity contribution in [2.24, 2.45) is 0 Å². The molecule has 0 aliphatic carbocycles. The first kappa shape index (κ1) is 21.8. The van der Waals surface area contributed by atoms with Gasteiger partial charge in [-0.25, -0.2) is 4.39 Å². The van der Waals surface area contributed by atoms with Gasteiger partial charge in [0.1, 0.15) is 17.3 Å². The first-order chi connectivity index (χ1) is 14.9. The number of carbonyl (C=O) groups excluding carboxylic acids is 1. The highest BCUT2D eigenvalue weighted by Crippen LogP contribution is 2.28. The number of carboxylic acids is 1. The molecule has 1 aromatic heterocycles. The second kappa shape index (κ2) is 9.75. The van der Waals surface area contributed by atoms with Gasteiger partial charge in [-0.05, 0) is 25.1 Å². The summed E-state index contributed by atoms with van der Waals surface area (Å²) in [7, 11) is 1.46. The highest BCUT2D eigenvalue weighted by molar-refractivity contribution is 5.93. The topological polar surface area (TPSA) is 103 Å². The van der Waals surface area contributed by atoms with Crippen LogP contribution in [-0.4, -0.2) is 40.5 Å². The largest absolute Gasteiger partial charge is 0.496 e. The maximum Gasteiger partial charge on any atom is 0.305 e. The summed E-state index contributed by atoms with van der Waals surface area (Å²) in [6.07, 6.45) is -0.363. The minimum absolute atomic E-state index is 0.0445. The molecule has 2 N–H and O–H groups in total. The molecule has 31 heavy (non-hydrogen) atoms. The normalized spacial score (nSPS) is 11.6. The Kier molecular flexibility index (Phi) is 6.86. The van der Waals surface area contributed by atoms with Crippen LogP contribution in [0.2, 0.25) is 0 Å². The van der Waals surface area contributed by atoms with E-state index in [4.69, 9.17) is 9.47 Å². The summed E-state index contributed by atoms with van der Waals surface area (Å²) in [5.74, 6) is -1.63. The van der Waals surface area contributed by atoms with Crippen molar-refractivity contribution in [2.45, 2.75) is 19.4 Å². The first-order valence-corrected chi connectivity index (χ1v) is 9.58. The number of nitrogens with one attached hydrogen (secondary N) is 1. The Labute approximate surface area is 178 Å². The Hall–Kier alpha value is -3.88. The SMILES string of the molecule is CCOc1cc(C(=O)N[C@@H](CC(=O)O)c2ccccc2OC)nn1-c1ccccc1F. The molecule has 0 saturated carbocycles. The van der Waals surface area contributed by atoms with E-state index in [9.17, 15) is 19.1 Å². The van der Waals surface area contributed by atoms with Crippen LogP contribution in [0.25, 0.3) is 5.69 Å². The Bertz CT molecular complexity index is 1080. The van der Waals surface area contributed by atoms with Gasteiger partial charge in [-0.15, -0.1) is 0 Å². The van der Waals surface area contributed by atoms with Crippen LogP contribution in [0.4, 0.5) is 4.39 Å². The minimum Gasteiger partial charge on any atom is -0.496 e. The van der Waals surface area contributed by atoms with E-state index in [0.717, 1.165) is 0 Å². The van der Waals surface area contributed by atoms with Gasteiger partial charge in [0.2, 0.25) is 5.88 Å². The van der Waals surface area contributed by atoms with Crippen molar-refractivity contribution < 1.29 is 28.6 Å². The molecule has 0 unspecified atom stereocenters. The van der Waals surface area contributed by atoms with Crippen LogP contribution in [0.1, 0.15) is 35.4 Å². The molecule has 0 spiro atoms. The number of hydrogen-bond acceptors (Lipinski definition) is 5. The lowest BCUT2D eigenvalue weighted by Gasteiger charge is -2.19. The van der Waals surface area contributed by atoms with Crippen LogP contribution in [-0.2, 0) is 4.79 Å². The minimum atomic E-state index is -1.09. The van der Waals surface area contributed by atoms with Crippen molar-refractivity contribution in [1.29, 1.82) is 0 Å². The van der Waals surface area contributed by atoms with Gasteiger partial charge in [0.15, 0.2) is 5.69 Å². The number of carboxylic acid groups (broad SMARTS) is 1. The standard InChI is InChI=1S/C22H22FN3O5/c1-3-31-20-12-17(25-26(20)18-10-6-5-9-15(18)23)22(29)24-16(13-21(27)28)14-8-4-7-11-19(14)30-2/h4-12,16H,3,13H2,1-2H3,(H,24,29)(H,27,28)/t16-/m0/s1. The van der Waals surface area contributed by atoms with E-state index in [-0.39, 0.29) is 30.3 Å². The average molecular weight is 427 g/mol. The van der Waals surface area contributed by atoms with Crippen molar-refractivity contribution in [1.82, 2.24) is 15.1 Å². The monoisotopic (exact) mass is 427 g/mol. The highest BCUT2D eigenvalue weighted by atomic mass is 19.1. The number of benzene rings is 2. The molecular weight excluding hydrogens is 405 g/mol. The summed E-state index contributed by atoms with van der Waals surface area (Å²) in [4.78, 5) is 24.3. The van der Waals surface area contributed by atoms with Gasteiger partial charge in [0, 0.05) is 11.6 Å². The number of nitrogens with zero attached hydrogens (tertiary/aromatic N) is 2. The number of halogens is 1. The van der Waals surface area contributed by atoms with E-state index < -0.39 is 23.7 Å². The van der Waals surface area contributed by atoms with Crippen LogP contribution < -0.4 is 14.8 Å². The summed E-state index contributed by atoms with van der Waals surface area (Å²) in [6, 6.07) is 13.3. The predicted molar refractivity (Wildman–Crippen MR) is 110 cm³/mol. The molecular formula is C22H22FN3O5. The smallest absolute Gasteiger partial charge is 0.305 e. The molecule has 0 fully saturated rings. The van der Waals surface area contributed by atoms with Gasteiger partial charge >= 0.3 is 5.97 Å². The average Bonchev–Trinajstić information content (AvgIpc) is 3.17. The summed E-state index contributed by atoms with van der Waals surface area (Å²) >= 11 is 0. The molecule has 0 aliphatic rings. The number of rotatable bonds is 9. The Balaban J connectivity index is 1.94. The van der Waals surface area contributed by atoms with Crippen LogP contribution in [0.15, 0.2) is 54.6 Å². The number of para-hydroxylation sites is 2. The highest BCUT2D eigenvalue weighted by Gasteiger charge is 2.24. The second-order valence-electron chi connectivity index (χ2n) is 6.53. The summed E-state index contributed by atoms with van der Waals surface area (Å²) in [6.45, 7) is 2.03. The fourth-order valence-corrected chi connectivity index (χ4v) is 3.12. The van der Waals surface area contributed by atoms with Crippen molar-refractivity contribution in [3.63, 3.8) is 0 Å². The second-order valence-corrected chi connectivity index (χ2v) is 6.53. The molecule has 0 saturated heterocycles. The first-order valence-electron chi connectivity index (χ1n) is 9.58. The fourth-order valence-electron chi connectivity index (χ4n) is 3.12. The number of ether oxygens (including phenoxy) is 2. The summed E-state index contributed by atoms with van der Waals surface area (Å²) in [5.41, 5.74) is 0.591. The van der Waals surface area contributed by atoms with Crippen LogP contribution in [0, 0.1) is 5.82 Å². The molecule has 0 aliphatic heterocycles. The zero-order valence-electron chi connectivity index (χ0n) is 17.0. The van der Waals surface area contributed by atoms with Gasteiger partial charge in [0.25, 0.3) is 5.91 Å². The molecule has 0 radical (unpaired) electrons.